The fourth-order valence-corrected chi connectivity index (χ4v) is 4.20. The summed E-state index contributed by atoms with van der Waals surface area (Å²) < 4.78 is 0. The number of rotatable bonds is 4. The van der Waals surface area contributed by atoms with Crippen molar-refractivity contribution in [1.82, 2.24) is 15.1 Å². The SMILES string of the molecule is CC1CC1C(=O)Nc1ccc(C(=O)N2CCCC(N3CCNCC3=O)C2)cc1. The molecule has 7 nitrogen and oxygen atoms in total. The van der Waals surface area contributed by atoms with E-state index in [0.717, 1.165) is 31.5 Å². The van der Waals surface area contributed by atoms with E-state index in [1.165, 1.54) is 0 Å². The van der Waals surface area contributed by atoms with Gasteiger partial charge in [-0.15, -0.1) is 0 Å². The fourth-order valence-electron chi connectivity index (χ4n) is 4.20. The predicted octanol–water partition coefficient (Wildman–Crippen LogP) is 1.32. The first-order valence-electron chi connectivity index (χ1n) is 10.2. The lowest BCUT2D eigenvalue weighted by Gasteiger charge is -2.41. The van der Waals surface area contributed by atoms with E-state index in [2.05, 4.69) is 17.6 Å². The quantitative estimate of drug-likeness (QED) is 0.820. The molecule has 0 aromatic heterocycles. The maximum absolute atomic E-state index is 12.9. The molecule has 1 aromatic carbocycles. The summed E-state index contributed by atoms with van der Waals surface area (Å²) in [7, 11) is 0. The van der Waals surface area contributed by atoms with Crippen molar-refractivity contribution >= 4 is 23.4 Å². The number of nitrogens with one attached hydrogen (secondary N) is 2. The first-order chi connectivity index (χ1) is 13.5. The number of piperidine rings is 1. The molecular weight excluding hydrogens is 356 g/mol. The average Bonchev–Trinajstić information content (AvgIpc) is 3.45. The molecule has 3 unspecified atom stereocenters. The van der Waals surface area contributed by atoms with E-state index < -0.39 is 0 Å². The van der Waals surface area contributed by atoms with Gasteiger partial charge in [0.1, 0.15) is 0 Å². The largest absolute Gasteiger partial charge is 0.337 e. The zero-order chi connectivity index (χ0) is 19.7. The molecule has 2 aliphatic heterocycles. The van der Waals surface area contributed by atoms with Gasteiger partial charge >= 0.3 is 0 Å². The minimum Gasteiger partial charge on any atom is -0.337 e. The molecule has 28 heavy (non-hydrogen) atoms. The Morgan fingerprint density at radius 2 is 1.93 bits per heavy atom. The van der Waals surface area contributed by atoms with Gasteiger partial charge in [-0.3, -0.25) is 14.4 Å². The van der Waals surface area contributed by atoms with Gasteiger partial charge in [-0.05, 0) is 49.4 Å². The summed E-state index contributed by atoms with van der Waals surface area (Å²) in [5.74, 6) is 0.762. The number of piperazine rings is 1. The Labute approximate surface area is 165 Å². The summed E-state index contributed by atoms with van der Waals surface area (Å²) in [4.78, 5) is 40.9. The first kappa shape index (κ1) is 18.9. The third-order valence-corrected chi connectivity index (χ3v) is 6.10. The second-order valence-corrected chi connectivity index (χ2v) is 8.20. The fraction of sp³-hybridized carbons (Fsp3) is 0.571. The Balaban J connectivity index is 1.36. The number of anilines is 1. The molecule has 2 saturated heterocycles. The van der Waals surface area contributed by atoms with E-state index in [9.17, 15) is 14.4 Å². The van der Waals surface area contributed by atoms with Crippen LogP contribution < -0.4 is 10.6 Å². The topological polar surface area (TPSA) is 81.8 Å². The molecule has 3 atom stereocenters. The highest BCUT2D eigenvalue weighted by Crippen LogP contribution is 2.38. The number of hydrogen-bond donors (Lipinski definition) is 2. The number of amides is 3. The Morgan fingerprint density at radius 3 is 2.61 bits per heavy atom. The molecule has 3 fully saturated rings. The van der Waals surface area contributed by atoms with Crippen molar-refractivity contribution < 1.29 is 14.4 Å². The highest BCUT2D eigenvalue weighted by atomic mass is 16.2. The van der Waals surface area contributed by atoms with Crippen LogP contribution in [-0.2, 0) is 9.59 Å². The Kier molecular flexibility index (Phi) is 5.35. The molecule has 1 saturated carbocycles. The van der Waals surface area contributed by atoms with E-state index in [-0.39, 0.29) is 29.7 Å². The second-order valence-electron chi connectivity index (χ2n) is 8.20. The minimum atomic E-state index is -0.0130. The van der Waals surface area contributed by atoms with Crippen molar-refractivity contribution in [2.75, 3.05) is 38.0 Å². The average molecular weight is 384 g/mol. The monoisotopic (exact) mass is 384 g/mol. The van der Waals surface area contributed by atoms with Crippen molar-refractivity contribution in [2.45, 2.75) is 32.2 Å². The van der Waals surface area contributed by atoms with E-state index in [0.29, 0.717) is 37.7 Å². The van der Waals surface area contributed by atoms with E-state index in [1.807, 2.05) is 9.80 Å². The van der Waals surface area contributed by atoms with Gasteiger partial charge in [0.05, 0.1) is 6.54 Å². The van der Waals surface area contributed by atoms with E-state index in [4.69, 9.17) is 0 Å². The van der Waals surface area contributed by atoms with Crippen LogP contribution in [0, 0.1) is 11.8 Å². The smallest absolute Gasteiger partial charge is 0.253 e. The van der Waals surface area contributed by atoms with Crippen LogP contribution >= 0.6 is 0 Å². The lowest BCUT2D eigenvalue weighted by Crippen LogP contribution is -2.57. The van der Waals surface area contributed by atoms with Crippen LogP contribution in [-0.4, -0.2) is 66.3 Å². The van der Waals surface area contributed by atoms with Gasteiger partial charge in [-0.1, -0.05) is 6.92 Å². The van der Waals surface area contributed by atoms with Gasteiger partial charge in [0.25, 0.3) is 5.91 Å². The maximum Gasteiger partial charge on any atom is 0.253 e. The molecular formula is C21H28N4O3. The second kappa shape index (κ2) is 7.91. The van der Waals surface area contributed by atoms with Crippen molar-refractivity contribution in [1.29, 1.82) is 0 Å². The summed E-state index contributed by atoms with van der Waals surface area (Å²) in [6, 6.07) is 7.23. The van der Waals surface area contributed by atoms with E-state index in [1.54, 1.807) is 24.3 Å². The first-order valence-corrected chi connectivity index (χ1v) is 10.2. The summed E-state index contributed by atoms with van der Waals surface area (Å²) in [5, 5.41) is 6.01. The van der Waals surface area contributed by atoms with Crippen molar-refractivity contribution in [2.24, 2.45) is 11.8 Å². The summed E-state index contributed by atoms with van der Waals surface area (Å²) in [6.45, 7) is 5.28. The summed E-state index contributed by atoms with van der Waals surface area (Å²) in [5.41, 5.74) is 1.34. The highest BCUT2D eigenvalue weighted by molar-refractivity contribution is 5.97. The Bertz CT molecular complexity index is 763. The maximum atomic E-state index is 12.9. The molecule has 0 bridgehead atoms. The number of hydrogen-bond acceptors (Lipinski definition) is 4. The molecule has 2 N–H and O–H groups in total. The van der Waals surface area contributed by atoms with Crippen LogP contribution in [0.25, 0.3) is 0 Å². The minimum absolute atomic E-state index is 0.0130. The van der Waals surface area contributed by atoms with Crippen LogP contribution in [0.15, 0.2) is 24.3 Å². The molecule has 0 radical (unpaired) electrons. The molecule has 3 aliphatic rings. The summed E-state index contributed by atoms with van der Waals surface area (Å²) >= 11 is 0. The molecule has 1 aromatic rings. The molecule has 7 heteroatoms. The number of likely N-dealkylation sites (tertiary alicyclic amines) is 1. The normalized spacial score (nSPS) is 27.5. The number of nitrogens with zero attached hydrogens (tertiary/aromatic N) is 2. The van der Waals surface area contributed by atoms with Gasteiger partial charge in [-0.25, -0.2) is 0 Å². The zero-order valence-corrected chi connectivity index (χ0v) is 16.3. The van der Waals surface area contributed by atoms with Crippen LogP contribution in [0.1, 0.15) is 36.5 Å². The van der Waals surface area contributed by atoms with Crippen LogP contribution in [0.3, 0.4) is 0 Å². The van der Waals surface area contributed by atoms with Crippen molar-refractivity contribution in [3.63, 3.8) is 0 Å². The van der Waals surface area contributed by atoms with Gasteiger partial charge < -0.3 is 20.4 Å². The molecule has 4 rings (SSSR count). The molecule has 2 heterocycles. The molecule has 150 valence electrons. The van der Waals surface area contributed by atoms with Crippen LogP contribution in [0.4, 0.5) is 5.69 Å². The van der Waals surface area contributed by atoms with E-state index >= 15 is 0 Å². The summed E-state index contributed by atoms with van der Waals surface area (Å²) in [6.07, 6.45) is 2.80. The number of carbonyl (C=O) groups excluding carboxylic acids is 3. The lowest BCUT2D eigenvalue weighted by atomic mass is 10.0. The van der Waals surface area contributed by atoms with Crippen molar-refractivity contribution in [3.05, 3.63) is 29.8 Å². The van der Waals surface area contributed by atoms with Gasteiger partial charge in [-0.2, -0.15) is 0 Å². The predicted molar refractivity (Wildman–Crippen MR) is 106 cm³/mol. The van der Waals surface area contributed by atoms with Gasteiger partial charge in [0, 0.05) is 49.4 Å². The molecule has 3 amide bonds. The third kappa shape index (κ3) is 4.04. The zero-order valence-electron chi connectivity index (χ0n) is 16.3. The van der Waals surface area contributed by atoms with Crippen LogP contribution in [0.5, 0.6) is 0 Å². The van der Waals surface area contributed by atoms with Crippen LogP contribution in [0.2, 0.25) is 0 Å². The van der Waals surface area contributed by atoms with Gasteiger partial charge in [0.2, 0.25) is 11.8 Å². The molecule has 1 aliphatic carbocycles. The van der Waals surface area contributed by atoms with Crippen molar-refractivity contribution in [3.8, 4) is 0 Å². The van der Waals surface area contributed by atoms with Gasteiger partial charge in [0.15, 0.2) is 0 Å². The number of benzene rings is 1. The standard InChI is InChI=1S/C21H28N4O3/c1-14-11-18(14)20(27)23-16-6-4-15(5-7-16)21(28)24-9-2-3-17(13-24)25-10-8-22-12-19(25)26/h4-7,14,17-18,22H,2-3,8-13H2,1H3,(H,23,27). The Morgan fingerprint density at radius 1 is 1.18 bits per heavy atom. The lowest BCUT2D eigenvalue weighted by molar-refractivity contribution is -0.135. The molecule has 0 spiro atoms. The number of carbonyl (C=O) groups is 3. The third-order valence-electron chi connectivity index (χ3n) is 6.10. The Hall–Kier alpha value is -2.41. The highest BCUT2D eigenvalue weighted by Gasteiger charge is 2.39.